The van der Waals surface area contributed by atoms with Crippen LogP contribution in [0.3, 0.4) is 0 Å². The molecule has 10 nitrogen and oxygen atoms in total. The summed E-state index contributed by atoms with van der Waals surface area (Å²) in [5.74, 6) is 1.89. The van der Waals surface area contributed by atoms with E-state index in [-0.39, 0.29) is 23.0 Å². The smallest absolute Gasteiger partial charge is 0.252 e. The van der Waals surface area contributed by atoms with Gasteiger partial charge in [0.25, 0.3) is 5.91 Å². The summed E-state index contributed by atoms with van der Waals surface area (Å²) in [6.07, 6.45) is 0.822. The first-order chi connectivity index (χ1) is 22.7. The summed E-state index contributed by atoms with van der Waals surface area (Å²) in [7, 11) is 0. The Labute approximate surface area is 278 Å². The largest absolute Gasteiger partial charge is 0.352 e. The van der Waals surface area contributed by atoms with Crippen molar-refractivity contribution < 1.29 is 21.9 Å². The molecule has 0 spiro atoms. The second-order valence-corrected chi connectivity index (χ2v) is 11.2. The van der Waals surface area contributed by atoms with Crippen LogP contribution in [0.25, 0.3) is 89.7 Å². The van der Waals surface area contributed by atoms with Crippen molar-refractivity contribution in [3.8, 4) is 45.6 Å². The first-order valence-electron chi connectivity index (χ1n) is 15.2. The minimum absolute atomic E-state index is 0. The van der Waals surface area contributed by atoms with Crippen LogP contribution in [0.1, 0.15) is 23.7 Å². The van der Waals surface area contributed by atoms with Crippen molar-refractivity contribution in [3.63, 3.8) is 0 Å². The predicted molar refractivity (Wildman–Crippen MR) is 179 cm³/mol. The summed E-state index contributed by atoms with van der Waals surface area (Å²) < 4.78 is 0. The van der Waals surface area contributed by atoms with E-state index in [9.17, 15) is 4.79 Å². The molecule has 7 aromatic rings. The van der Waals surface area contributed by atoms with Gasteiger partial charge in [-0.25, -0.2) is 29.9 Å². The Balaban J connectivity index is 0.00000324. The average molecular weight is 663 g/mol. The normalized spacial score (nSPS) is 11.6. The summed E-state index contributed by atoms with van der Waals surface area (Å²) >= 11 is 0. The quantitative estimate of drug-likeness (QED) is 0.173. The van der Waals surface area contributed by atoms with E-state index < -0.39 is 0 Å². The molecule has 0 unspecified atom stereocenters. The topological polar surface area (TPSA) is 138 Å². The third-order valence-electron chi connectivity index (χ3n) is 8.36. The number of nitrogens with zero attached hydrogens (tertiary/aromatic N) is 6. The Morgan fingerprint density at radius 1 is 0.553 bits per heavy atom. The van der Waals surface area contributed by atoms with Crippen LogP contribution in [-0.2, 0) is 17.1 Å². The van der Waals surface area contributed by atoms with Gasteiger partial charge >= 0.3 is 0 Å². The Bertz CT molecular complexity index is 2570. The van der Waals surface area contributed by atoms with Crippen molar-refractivity contribution in [2.24, 2.45) is 0 Å². The summed E-state index contributed by atoms with van der Waals surface area (Å²) in [6, 6.07) is 29.4. The standard InChI is InChI=1S/C36H25N9O.Cu/c1-2-18-37-36(46)26-17-9-16-25-27(26)35-44-33-24-15-8-7-14-23(24)31(42-33)40-29-20-11-4-3-10-19(20)28(38-29)39-30-21-12-5-6-13-22(21)32(41-30)43-34(25)45-35;/h3-17H,2,18H2,1H3,(H,37,46)(H2,38,39,40,41,42,43,44,45);. The number of rotatable bonds is 3. The van der Waals surface area contributed by atoms with E-state index in [4.69, 9.17) is 29.9 Å². The number of fused-ring (bicyclic) bond motifs is 20. The first-order valence-corrected chi connectivity index (χ1v) is 15.2. The van der Waals surface area contributed by atoms with Gasteiger partial charge in [0, 0.05) is 67.4 Å². The monoisotopic (exact) mass is 662 g/mol. The van der Waals surface area contributed by atoms with Gasteiger partial charge in [0.05, 0.1) is 5.56 Å². The van der Waals surface area contributed by atoms with Gasteiger partial charge in [-0.15, -0.1) is 0 Å². The van der Waals surface area contributed by atoms with E-state index in [1.807, 2.05) is 97.9 Å². The molecule has 5 heterocycles. The van der Waals surface area contributed by atoms with Gasteiger partial charge in [0.2, 0.25) is 0 Å². The van der Waals surface area contributed by atoms with Crippen LogP contribution in [0.5, 0.6) is 0 Å². The molecule has 231 valence electrons. The molecule has 4 aromatic carbocycles. The minimum Gasteiger partial charge on any atom is -0.352 e. The molecule has 0 fully saturated rings. The van der Waals surface area contributed by atoms with Crippen LogP contribution >= 0.6 is 0 Å². The van der Waals surface area contributed by atoms with Gasteiger partial charge in [-0.05, 0) is 12.5 Å². The number of amides is 1. The average Bonchev–Trinajstić information content (AvgIpc) is 3.83. The van der Waals surface area contributed by atoms with E-state index >= 15 is 0 Å². The molecule has 3 aromatic heterocycles. The summed E-state index contributed by atoms with van der Waals surface area (Å²) in [6.45, 7) is 2.59. The van der Waals surface area contributed by atoms with Gasteiger partial charge in [-0.1, -0.05) is 91.9 Å². The summed E-state index contributed by atoms with van der Waals surface area (Å²) in [4.78, 5) is 50.3. The van der Waals surface area contributed by atoms with Crippen LogP contribution in [0.15, 0.2) is 91.0 Å². The molecule has 3 N–H and O–H groups in total. The van der Waals surface area contributed by atoms with Crippen molar-refractivity contribution in [2.75, 3.05) is 6.54 Å². The molecule has 0 atom stereocenters. The van der Waals surface area contributed by atoms with Crippen molar-refractivity contribution in [2.45, 2.75) is 13.3 Å². The molecule has 11 heteroatoms. The van der Waals surface area contributed by atoms with Gasteiger partial charge in [-0.3, -0.25) is 4.79 Å². The van der Waals surface area contributed by atoms with Crippen LogP contribution in [0, 0.1) is 0 Å². The number of benzene rings is 4. The van der Waals surface area contributed by atoms with Crippen molar-refractivity contribution in [3.05, 3.63) is 96.6 Å². The van der Waals surface area contributed by atoms with E-state index in [1.165, 1.54) is 0 Å². The third-order valence-corrected chi connectivity index (χ3v) is 8.36. The fourth-order valence-corrected chi connectivity index (χ4v) is 6.21. The Kier molecular flexibility index (Phi) is 6.86. The maximum Gasteiger partial charge on any atom is 0.252 e. The van der Waals surface area contributed by atoms with Gasteiger partial charge in [-0.2, -0.15) is 0 Å². The molecule has 2 aliphatic rings. The van der Waals surface area contributed by atoms with Crippen molar-refractivity contribution in [1.82, 2.24) is 45.2 Å². The molecule has 1 radical (unpaired) electrons. The van der Waals surface area contributed by atoms with Gasteiger partial charge in [0.15, 0.2) is 23.3 Å². The molecule has 2 aliphatic heterocycles. The second kappa shape index (κ2) is 11.2. The maximum atomic E-state index is 13.4. The number of hydrogen-bond acceptors (Lipinski definition) is 7. The summed E-state index contributed by atoms with van der Waals surface area (Å²) in [5.41, 5.74) is 6.23. The van der Waals surface area contributed by atoms with Crippen LogP contribution in [0.2, 0.25) is 0 Å². The molecular weight excluding hydrogens is 638 g/mol. The molecule has 0 saturated heterocycles. The van der Waals surface area contributed by atoms with E-state index in [0.717, 1.165) is 44.8 Å². The van der Waals surface area contributed by atoms with Crippen LogP contribution in [-0.4, -0.2) is 52.3 Å². The molecule has 0 saturated carbocycles. The fourth-order valence-electron chi connectivity index (χ4n) is 6.21. The molecule has 1 amide bonds. The number of carbonyl (C=O) groups excluding carboxylic acids is 1. The molecular formula is C36H25CuN9O. The van der Waals surface area contributed by atoms with Crippen molar-refractivity contribution in [1.29, 1.82) is 0 Å². The fraction of sp³-hybridized carbons (Fsp3) is 0.0833. The SMILES string of the molecule is CCCNC(=O)c1cccc2c3nc4nc(nc5[nH]c(nc6nc(nc([nH]3)c12)-c1ccccc1-6)c1ccccc51)-c1ccccc1-4.[Cu]. The van der Waals surface area contributed by atoms with Crippen molar-refractivity contribution >= 4 is 50.0 Å². The van der Waals surface area contributed by atoms with E-state index in [2.05, 4.69) is 15.3 Å². The van der Waals surface area contributed by atoms with E-state index in [1.54, 1.807) is 0 Å². The number of nitrogens with one attached hydrogen (secondary N) is 3. The van der Waals surface area contributed by atoms with Gasteiger partial charge < -0.3 is 15.3 Å². The molecule has 47 heavy (non-hydrogen) atoms. The zero-order valence-electron chi connectivity index (χ0n) is 25.0. The van der Waals surface area contributed by atoms with E-state index in [0.29, 0.717) is 63.4 Å². The maximum absolute atomic E-state index is 13.4. The number of aromatic nitrogens is 8. The molecule has 9 rings (SSSR count). The Morgan fingerprint density at radius 3 is 1.49 bits per heavy atom. The van der Waals surface area contributed by atoms with Crippen LogP contribution in [0.4, 0.5) is 0 Å². The zero-order valence-corrected chi connectivity index (χ0v) is 25.9. The number of aromatic amines is 2. The zero-order chi connectivity index (χ0) is 30.8. The third kappa shape index (κ3) is 4.59. The number of carbonyl (C=O) groups is 1. The minimum atomic E-state index is -0.177. The number of hydrogen-bond donors (Lipinski definition) is 3. The Hall–Kier alpha value is -5.77. The molecule has 0 aliphatic carbocycles. The molecule has 8 bridgehead atoms. The Morgan fingerprint density at radius 2 is 0.979 bits per heavy atom. The van der Waals surface area contributed by atoms with Crippen LogP contribution < -0.4 is 5.32 Å². The second-order valence-electron chi connectivity index (χ2n) is 11.2. The number of H-pyrrole nitrogens is 2. The van der Waals surface area contributed by atoms with Gasteiger partial charge in [0.1, 0.15) is 22.6 Å². The first kappa shape index (κ1) is 28.7. The predicted octanol–water partition coefficient (Wildman–Crippen LogP) is 7.01. The summed E-state index contributed by atoms with van der Waals surface area (Å²) in [5, 5.41) is 6.26.